The minimum Gasteiger partial charge on any atom is -0.208 e. The van der Waals surface area contributed by atoms with Crippen molar-refractivity contribution in [2.75, 3.05) is 11.5 Å². The topological polar surface area (TPSA) is 28.3 Å². The number of hydrogen-bond acceptors (Lipinski definition) is 2. The van der Waals surface area contributed by atoms with Crippen LogP contribution in [0.5, 0.6) is 0 Å². The summed E-state index contributed by atoms with van der Waals surface area (Å²) in [6.45, 7) is 0. The van der Waals surface area contributed by atoms with Crippen LogP contribution in [0.1, 0.15) is 67.5 Å². The number of aromatic nitrogens is 2. The molecule has 2 heterocycles. The van der Waals surface area contributed by atoms with Crippen LogP contribution in [-0.4, -0.2) is 11.5 Å². The number of nitrogens with one attached hydrogen (secondary N) is 2. The Kier molecular flexibility index (Phi) is 7.29. The first-order chi connectivity index (χ1) is 17.4. The lowest BCUT2D eigenvalue weighted by Crippen LogP contribution is -2.20. The molecule has 4 aromatic rings. The maximum atomic E-state index is 3.74. The Labute approximate surface area is 217 Å². The average molecular weight is 501 g/mol. The van der Waals surface area contributed by atoms with E-state index in [1.807, 2.05) is 0 Å². The van der Waals surface area contributed by atoms with Crippen molar-refractivity contribution < 1.29 is 9.97 Å². The smallest absolute Gasteiger partial charge is 0.208 e. The quantitative estimate of drug-likeness (QED) is 0.186. The van der Waals surface area contributed by atoms with E-state index in [1.54, 1.807) is 20.9 Å². The second-order valence-electron chi connectivity index (χ2n) is 10.1. The van der Waals surface area contributed by atoms with Crippen molar-refractivity contribution in [2.24, 2.45) is 0 Å². The standard InChI is InChI=1S/C31H34N2S2/c1(10-20-34-30-22-12-2-6-16-26(22)32-27-17-7-3-13-23(27)30)11-21-35-31-24-14-4-8-18-28(24)33-29-19-9-5-15-25(29)31/h2,4,6,8,12,14,16,18H,1,3,5,7,9-11,13,15,17,19-21H2/p+2. The van der Waals surface area contributed by atoms with Gasteiger partial charge in [-0.2, -0.15) is 0 Å². The maximum Gasteiger partial charge on any atom is 0.212 e. The van der Waals surface area contributed by atoms with Crippen LogP contribution in [0.3, 0.4) is 0 Å². The van der Waals surface area contributed by atoms with Gasteiger partial charge >= 0.3 is 0 Å². The molecule has 0 fully saturated rings. The van der Waals surface area contributed by atoms with E-state index in [4.69, 9.17) is 0 Å². The fourth-order valence-electron chi connectivity index (χ4n) is 5.88. The van der Waals surface area contributed by atoms with Gasteiger partial charge in [0.2, 0.25) is 11.0 Å². The summed E-state index contributed by atoms with van der Waals surface area (Å²) in [5.41, 5.74) is 8.81. The predicted octanol–water partition coefficient (Wildman–Crippen LogP) is 7.43. The largest absolute Gasteiger partial charge is 0.212 e. The Bertz CT molecular complexity index is 1240. The lowest BCUT2D eigenvalue weighted by atomic mass is 9.94. The monoisotopic (exact) mass is 500 g/mol. The number of aromatic amines is 2. The molecule has 35 heavy (non-hydrogen) atoms. The normalized spacial score (nSPS) is 15.3. The van der Waals surface area contributed by atoms with Gasteiger partial charge in [-0.05, 0) is 75.0 Å². The van der Waals surface area contributed by atoms with Gasteiger partial charge in [-0.15, -0.1) is 23.5 Å². The number of aryl methyl sites for hydroxylation is 2. The molecule has 2 aliphatic rings. The maximum absolute atomic E-state index is 3.74. The molecule has 0 saturated carbocycles. The highest BCUT2D eigenvalue weighted by molar-refractivity contribution is 7.99. The second kappa shape index (κ2) is 10.9. The van der Waals surface area contributed by atoms with Crippen LogP contribution >= 0.6 is 23.5 Å². The van der Waals surface area contributed by atoms with Gasteiger partial charge in [-0.1, -0.05) is 30.7 Å². The summed E-state index contributed by atoms with van der Waals surface area (Å²) in [5, 5.41) is 2.84. The number of benzene rings is 2. The predicted molar refractivity (Wildman–Crippen MR) is 150 cm³/mol. The third-order valence-electron chi connectivity index (χ3n) is 7.68. The Morgan fingerprint density at radius 1 is 0.543 bits per heavy atom. The van der Waals surface area contributed by atoms with E-state index in [0.29, 0.717) is 0 Å². The number of unbranched alkanes of at least 4 members (excludes halogenated alkanes) is 2. The molecular formula is C31H36N2S2+2. The third-order valence-corrected chi connectivity index (χ3v) is 10.2. The highest BCUT2D eigenvalue weighted by Crippen LogP contribution is 2.36. The number of H-pyrrole nitrogens is 2. The molecule has 2 N–H and O–H groups in total. The summed E-state index contributed by atoms with van der Waals surface area (Å²) < 4.78 is 0. The Balaban J connectivity index is 1.07. The van der Waals surface area contributed by atoms with Crippen LogP contribution in [0.2, 0.25) is 0 Å². The zero-order valence-corrected chi connectivity index (χ0v) is 22.3. The molecule has 0 saturated heterocycles. The molecule has 0 amide bonds. The fraction of sp³-hybridized carbons (Fsp3) is 0.419. The lowest BCUT2D eigenvalue weighted by molar-refractivity contribution is -0.360. The van der Waals surface area contributed by atoms with Crippen molar-refractivity contribution in [2.45, 2.75) is 80.4 Å². The first kappa shape index (κ1) is 23.4. The number of thioether (sulfide) groups is 2. The molecule has 0 atom stereocenters. The summed E-state index contributed by atoms with van der Waals surface area (Å²) in [5.74, 6) is 2.45. The molecule has 0 aliphatic heterocycles. The van der Waals surface area contributed by atoms with Crippen molar-refractivity contribution in [3.63, 3.8) is 0 Å². The lowest BCUT2D eigenvalue weighted by Gasteiger charge is -2.17. The van der Waals surface area contributed by atoms with Gasteiger partial charge in [0.25, 0.3) is 0 Å². The summed E-state index contributed by atoms with van der Waals surface area (Å²) in [6, 6.07) is 17.8. The molecule has 2 aromatic carbocycles. The minimum atomic E-state index is 1.21. The number of fused-ring (bicyclic) bond motifs is 4. The number of hydrogen-bond donors (Lipinski definition) is 0. The summed E-state index contributed by atoms with van der Waals surface area (Å²) in [6.07, 6.45) is 14.1. The SMILES string of the molecule is c1ccc2c(SCCCCCSc3c4c([nH+]c5ccccc35)CCCC4)c3c([nH+]c2c1)CCCC3. The Hall–Kier alpha value is -2.04. The van der Waals surface area contributed by atoms with E-state index < -0.39 is 0 Å². The van der Waals surface area contributed by atoms with Crippen LogP contribution < -0.4 is 9.97 Å². The van der Waals surface area contributed by atoms with E-state index in [2.05, 4.69) is 82.0 Å². The zero-order chi connectivity index (χ0) is 23.5. The van der Waals surface area contributed by atoms with Crippen molar-refractivity contribution in [1.29, 1.82) is 0 Å². The van der Waals surface area contributed by atoms with Gasteiger partial charge in [0.05, 0.1) is 10.8 Å². The summed E-state index contributed by atoms with van der Waals surface area (Å²) in [7, 11) is 0. The third kappa shape index (κ3) is 4.97. The number of rotatable bonds is 8. The van der Waals surface area contributed by atoms with Gasteiger partial charge in [0.1, 0.15) is 0 Å². The first-order valence-corrected chi connectivity index (χ1v) is 15.5. The molecule has 2 aromatic heterocycles. The molecule has 2 aliphatic carbocycles. The van der Waals surface area contributed by atoms with Crippen LogP contribution in [0.15, 0.2) is 58.3 Å². The van der Waals surface area contributed by atoms with E-state index in [0.717, 1.165) is 0 Å². The first-order valence-electron chi connectivity index (χ1n) is 13.6. The summed E-state index contributed by atoms with van der Waals surface area (Å²) >= 11 is 4.22. The van der Waals surface area contributed by atoms with Gasteiger partial charge in [-0.3, -0.25) is 0 Å². The number of para-hydroxylation sites is 2. The molecule has 2 nitrogen and oxygen atoms in total. The highest BCUT2D eigenvalue weighted by Gasteiger charge is 2.24. The molecule has 0 spiro atoms. The fourth-order valence-corrected chi connectivity index (χ4v) is 8.45. The molecule has 0 bridgehead atoms. The molecule has 0 radical (unpaired) electrons. The van der Waals surface area contributed by atoms with E-state index in [1.165, 1.54) is 115 Å². The second-order valence-corrected chi connectivity index (χ2v) is 12.3. The molecule has 4 heteroatoms. The van der Waals surface area contributed by atoms with E-state index >= 15 is 0 Å². The Morgan fingerprint density at radius 3 is 1.51 bits per heavy atom. The highest BCUT2D eigenvalue weighted by atomic mass is 32.2. The van der Waals surface area contributed by atoms with Crippen molar-refractivity contribution in [3.8, 4) is 0 Å². The van der Waals surface area contributed by atoms with Crippen LogP contribution in [-0.2, 0) is 25.7 Å². The van der Waals surface area contributed by atoms with Gasteiger partial charge < -0.3 is 0 Å². The van der Waals surface area contributed by atoms with Gasteiger partial charge in [-0.25, -0.2) is 9.97 Å². The molecular weight excluding hydrogens is 464 g/mol. The molecule has 0 unspecified atom stereocenters. The van der Waals surface area contributed by atoms with E-state index in [9.17, 15) is 0 Å². The Morgan fingerprint density at radius 2 is 1.00 bits per heavy atom. The average Bonchev–Trinajstić information content (AvgIpc) is 2.91. The minimum absolute atomic E-state index is 1.21. The van der Waals surface area contributed by atoms with Gasteiger partial charge in [0.15, 0.2) is 11.4 Å². The molecule has 180 valence electrons. The zero-order valence-electron chi connectivity index (χ0n) is 20.6. The van der Waals surface area contributed by atoms with Crippen molar-refractivity contribution in [1.82, 2.24) is 0 Å². The van der Waals surface area contributed by atoms with E-state index in [-0.39, 0.29) is 0 Å². The molecule has 6 rings (SSSR count). The van der Waals surface area contributed by atoms with Crippen molar-refractivity contribution in [3.05, 3.63) is 71.0 Å². The number of pyridine rings is 2. The van der Waals surface area contributed by atoms with Crippen LogP contribution in [0, 0.1) is 0 Å². The van der Waals surface area contributed by atoms with Crippen LogP contribution in [0.25, 0.3) is 21.8 Å². The summed E-state index contributed by atoms with van der Waals surface area (Å²) in [4.78, 5) is 10.6. The van der Waals surface area contributed by atoms with Crippen LogP contribution in [0.4, 0.5) is 0 Å². The van der Waals surface area contributed by atoms with Crippen molar-refractivity contribution >= 4 is 45.3 Å². The van der Waals surface area contributed by atoms with Gasteiger partial charge in [0, 0.05) is 45.9 Å².